The van der Waals surface area contributed by atoms with Crippen molar-refractivity contribution in [1.29, 1.82) is 0 Å². The smallest absolute Gasteiger partial charge is 0.416 e. The Balaban J connectivity index is 2.14. The molecule has 1 aliphatic heterocycles. The molecule has 7 heteroatoms. The number of anilines is 1. The van der Waals surface area contributed by atoms with Crippen molar-refractivity contribution < 1.29 is 22.7 Å². The maximum Gasteiger partial charge on any atom is 0.416 e. The summed E-state index contributed by atoms with van der Waals surface area (Å²) >= 11 is 0. The van der Waals surface area contributed by atoms with E-state index in [1.807, 2.05) is 12.1 Å². The maximum atomic E-state index is 13.8. The zero-order chi connectivity index (χ0) is 21.2. The van der Waals surface area contributed by atoms with Gasteiger partial charge in [0.05, 0.1) is 12.7 Å². The molecule has 3 rings (SSSR count). The minimum absolute atomic E-state index is 0.139. The molecule has 0 aromatic heterocycles. The average Bonchev–Trinajstić information content (AvgIpc) is 2.81. The molecule has 0 saturated heterocycles. The van der Waals surface area contributed by atoms with Gasteiger partial charge in [-0.1, -0.05) is 25.1 Å². The quantitative estimate of drug-likeness (QED) is 0.808. The minimum atomic E-state index is -4.49. The number of benzene rings is 2. The number of nitrogens with zero attached hydrogens (tertiary/aromatic N) is 1. The molecule has 0 fully saturated rings. The van der Waals surface area contributed by atoms with Gasteiger partial charge in [-0.05, 0) is 54.8 Å². The average molecular weight is 406 g/mol. The van der Waals surface area contributed by atoms with Gasteiger partial charge < -0.3 is 15.0 Å². The van der Waals surface area contributed by atoms with E-state index >= 15 is 0 Å². The van der Waals surface area contributed by atoms with Gasteiger partial charge in [-0.3, -0.25) is 4.79 Å². The number of likely N-dealkylation sites (N-methyl/N-ethyl adjacent to an activating group) is 1. The number of halogens is 3. The number of hydrogen-bond donors (Lipinski definition) is 1. The van der Waals surface area contributed by atoms with E-state index in [-0.39, 0.29) is 23.8 Å². The van der Waals surface area contributed by atoms with Crippen LogP contribution in [0.4, 0.5) is 18.9 Å². The number of carbonyl (C=O) groups is 1. The first kappa shape index (κ1) is 21.2. The van der Waals surface area contributed by atoms with E-state index in [1.165, 1.54) is 11.0 Å². The molecule has 156 valence electrons. The topological polar surface area (TPSA) is 41.6 Å². The fourth-order valence-corrected chi connectivity index (χ4v) is 3.95. The van der Waals surface area contributed by atoms with Crippen LogP contribution in [0.5, 0.6) is 5.75 Å². The van der Waals surface area contributed by atoms with Gasteiger partial charge in [0, 0.05) is 24.7 Å². The van der Waals surface area contributed by atoms with Crippen LogP contribution in [0.3, 0.4) is 0 Å². The molecule has 1 heterocycles. The fraction of sp³-hybridized carbons (Fsp3) is 0.409. The second-order valence-corrected chi connectivity index (χ2v) is 7.27. The third-order valence-corrected chi connectivity index (χ3v) is 5.56. The minimum Gasteiger partial charge on any atom is -0.497 e. The second kappa shape index (κ2) is 8.45. The standard InChI is InChI=1S/C22H25F3N2O2/c1-14-17(15-7-9-16(29-3)10-8-15)13-18-19(22(23,24)25)5-4-6-20(18)27(21(14)28)12-11-26-2/h4-10,14,17,26H,11-13H2,1-3H3/t14-,17-/m0/s1. The summed E-state index contributed by atoms with van der Waals surface area (Å²) in [5.41, 5.74) is 0.674. The summed E-state index contributed by atoms with van der Waals surface area (Å²) in [6.45, 7) is 2.59. The van der Waals surface area contributed by atoms with Crippen molar-refractivity contribution in [2.45, 2.75) is 25.4 Å². The number of amides is 1. The molecule has 0 aliphatic carbocycles. The Labute approximate surface area is 168 Å². The van der Waals surface area contributed by atoms with E-state index in [1.54, 1.807) is 39.3 Å². The highest BCUT2D eigenvalue weighted by Gasteiger charge is 2.40. The molecule has 1 aliphatic rings. The third kappa shape index (κ3) is 4.24. The molecule has 0 bridgehead atoms. The summed E-state index contributed by atoms with van der Waals surface area (Å²) in [6.07, 6.45) is -4.35. The lowest BCUT2D eigenvalue weighted by molar-refractivity contribution is -0.138. The molecule has 1 N–H and O–H groups in total. The third-order valence-electron chi connectivity index (χ3n) is 5.56. The van der Waals surface area contributed by atoms with Gasteiger partial charge in [-0.2, -0.15) is 13.2 Å². The maximum absolute atomic E-state index is 13.8. The molecule has 0 radical (unpaired) electrons. The van der Waals surface area contributed by atoms with Crippen LogP contribution in [0.25, 0.3) is 0 Å². The number of methoxy groups -OCH3 is 1. The van der Waals surface area contributed by atoms with E-state index < -0.39 is 17.7 Å². The largest absolute Gasteiger partial charge is 0.497 e. The Morgan fingerprint density at radius 3 is 2.45 bits per heavy atom. The Morgan fingerprint density at radius 2 is 1.86 bits per heavy atom. The summed E-state index contributed by atoms with van der Waals surface area (Å²) in [5, 5.41) is 2.97. The number of hydrogen-bond acceptors (Lipinski definition) is 3. The summed E-state index contributed by atoms with van der Waals surface area (Å²) < 4.78 is 46.5. The molecule has 0 unspecified atom stereocenters. The van der Waals surface area contributed by atoms with Gasteiger partial charge in [0.1, 0.15) is 5.75 Å². The van der Waals surface area contributed by atoms with E-state index in [0.29, 0.717) is 24.5 Å². The molecule has 2 atom stereocenters. The summed E-state index contributed by atoms with van der Waals surface area (Å²) in [5.74, 6) is -0.337. The number of nitrogens with one attached hydrogen (secondary N) is 1. The molecule has 1 amide bonds. The van der Waals surface area contributed by atoms with Crippen molar-refractivity contribution in [1.82, 2.24) is 5.32 Å². The van der Waals surface area contributed by atoms with Crippen molar-refractivity contribution in [3.63, 3.8) is 0 Å². The molecule has 4 nitrogen and oxygen atoms in total. The van der Waals surface area contributed by atoms with Crippen LogP contribution in [0.1, 0.15) is 29.5 Å². The Morgan fingerprint density at radius 1 is 1.17 bits per heavy atom. The normalized spacial score (nSPS) is 19.7. The first-order chi connectivity index (χ1) is 13.8. The number of alkyl halides is 3. The van der Waals surface area contributed by atoms with E-state index in [4.69, 9.17) is 4.74 Å². The second-order valence-electron chi connectivity index (χ2n) is 7.27. The molecule has 2 aromatic rings. The van der Waals surface area contributed by atoms with Crippen LogP contribution in [0, 0.1) is 5.92 Å². The highest BCUT2D eigenvalue weighted by atomic mass is 19.4. The van der Waals surface area contributed by atoms with Gasteiger partial charge in [-0.25, -0.2) is 0 Å². The zero-order valence-electron chi connectivity index (χ0n) is 16.7. The van der Waals surface area contributed by atoms with Crippen LogP contribution in [-0.2, 0) is 17.4 Å². The predicted molar refractivity (Wildman–Crippen MR) is 106 cm³/mol. The Hall–Kier alpha value is -2.54. The van der Waals surface area contributed by atoms with E-state index in [0.717, 1.165) is 11.6 Å². The number of carbonyl (C=O) groups excluding carboxylic acids is 1. The lowest BCUT2D eigenvalue weighted by Gasteiger charge is -2.26. The summed E-state index contributed by atoms with van der Waals surface area (Å²) in [7, 11) is 3.30. The molecular weight excluding hydrogens is 381 g/mol. The van der Waals surface area contributed by atoms with Gasteiger partial charge >= 0.3 is 6.18 Å². The lowest BCUT2D eigenvalue weighted by atomic mass is 9.82. The van der Waals surface area contributed by atoms with Crippen LogP contribution in [-0.4, -0.2) is 33.2 Å². The first-order valence-electron chi connectivity index (χ1n) is 9.57. The summed E-state index contributed by atoms with van der Waals surface area (Å²) in [6, 6.07) is 11.3. The molecule has 29 heavy (non-hydrogen) atoms. The monoisotopic (exact) mass is 406 g/mol. The molecule has 0 spiro atoms. The predicted octanol–water partition coefficient (Wildman–Crippen LogP) is 4.24. The fourth-order valence-electron chi connectivity index (χ4n) is 3.95. The number of fused-ring (bicyclic) bond motifs is 1. The number of rotatable bonds is 5. The highest BCUT2D eigenvalue weighted by Crippen LogP contribution is 2.43. The van der Waals surface area contributed by atoms with Crippen LogP contribution < -0.4 is 15.0 Å². The van der Waals surface area contributed by atoms with Crippen LogP contribution in [0.2, 0.25) is 0 Å². The van der Waals surface area contributed by atoms with Gasteiger partial charge in [0.15, 0.2) is 0 Å². The van der Waals surface area contributed by atoms with E-state index in [9.17, 15) is 18.0 Å². The van der Waals surface area contributed by atoms with Gasteiger partial charge in [0.25, 0.3) is 0 Å². The van der Waals surface area contributed by atoms with Crippen molar-refractivity contribution in [2.75, 3.05) is 32.1 Å². The van der Waals surface area contributed by atoms with Crippen LogP contribution in [0.15, 0.2) is 42.5 Å². The molecular formula is C22H25F3N2O2. The number of ether oxygens (including phenoxy) is 1. The Bertz CT molecular complexity index is 865. The molecule has 0 saturated carbocycles. The highest BCUT2D eigenvalue weighted by molar-refractivity contribution is 5.97. The SMILES string of the molecule is CNCCN1C(=O)[C@@H](C)[C@@H](c2ccc(OC)cc2)Cc2c1cccc2C(F)(F)F. The first-order valence-corrected chi connectivity index (χ1v) is 9.57. The van der Waals surface area contributed by atoms with Gasteiger partial charge in [0.2, 0.25) is 5.91 Å². The lowest BCUT2D eigenvalue weighted by Crippen LogP contribution is -2.40. The van der Waals surface area contributed by atoms with Gasteiger partial charge in [-0.15, -0.1) is 0 Å². The van der Waals surface area contributed by atoms with E-state index in [2.05, 4.69) is 5.32 Å². The van der Waals surface area contributed by atoms with Crippen molar-refractivity contribution in [2.24, 2.45) is 5.92 Å². The molecule has 2 aromatic carbocycles. The summed E-state index contributed by atoms with van der Waals surface area (Å²) in [4.78, 5) is 14.8. The van der Waals surface area contributed by atoms with Crippen molar-refractivity contribution in [3.8, 4) is 5.75 Å². The van der Waals surface area contributed by atoms with Crippen LogP contribution >= 0.6 is 0 Å². The Kier molecular flexibility index (Phi) is 6.17. The van der Waals surface area contributed by atoms with Crippen molar-refractivity contribution >= 4 is 11.6 Å². The zero-order valence-corrected chi connectivity index (χ0v) is 16.7. The van der Waals surface area contributed by atoms with Crippen molar-refractivity contribution in [3.05, 3.63) is 59.2 Å².